The van der Waals surface area contributed by atoms with Gasteiger partial charge in [0.25, 0.3) is 0 Å². The molecule has 1 aromatic carbocycles. The Balaban J connectivity index is 1.16. The van der Waals surface area contributed by atoms with Crippen LogP contribution in [-0.4, -0.2) is 41.3 Å². The summed E-state index contributed by atoms with van der Waals surface area (Å²) in [4.78, 5) is 2.57. The van der Waals surface area contributed by atoms with Crippen LogP contribution in [0.1, 0.15) is 32.1 Å². The van der Waals surface area contributed by atoms with E-state index in [1.54, 1.807) is 5.57 Å². The maximum atomic E-state index is 4.35. The number of allylic oxidation sites excluding steroid dienone is 6. The number of aromatic nitrogens is 2. The maximum absolute atomic E-state index is 4.35. The summed E-state index contributed by atoms with van der Waals surface area (Å²) >= 11 is 0. The van der Waals surface area contributed by atoms with Crippen LogP contribution in [0, 0.1) is 5.92 Å². The van der Waals surface area contributed by atoms with Gasteiger partial charge in [0.15, 0.2) is 0 Å². The van der Waals surface area contributed by atoms with Crippen LogP contribution < -0.4 is 5.32 Å². The topological polar surface area (TPSA) is 41.0 Å². The van der Waals surface area contributed by atoms with E-state index in [2.05, 4.69) is 62.9 Å². The van der Waals surface area contributed by atoms with Crippen molar-refractivity contribution < 1.29 is 0 Å². The number of nitrogens with one attached hydrogen (secondary N) is 1. The lowest BCUT2D eigenvalue weighted by Crippen LogP contribution is -2.37. The first-order chi connectivity index (χ1) is 14.9. The highest BCUT2D eigenvalue weighted by Gasteiger charge is 2.19. The van der Waals surface area contributed by atoms with Gasteiger partial charge >= 0.3 is 0 Å². The van der Waals surface area contributed by atoms with Gasteiger partial charge in [-0.3, -0.25) is 0 Å². The average Bonchev–Trinajstić information content (AvgIpc) is 2.78. The molecule has 1 aliphatic carbocycles. The van der Waals surface area contributed by atoms with Gasteiger partial charge in [-0.15, -0.1) is 10.2 Å². The predicted octanol–water partition coefficient (Wildman–Crippen LogP) is 5.49. The van der Waals surface area contributed by atoms with E-state index < -0.39 is 0 Å². The number of rotatable bonds is 7. The summed E-state index contributed by atoms with van der Waals surface area (Å²) < 4.78 is 0. The Morgan fingerprint density at radius 3 is 2.60 bits per heavy atom. The van der Waals surface area contributed by atoms with Crippen LogP contribution in [0.25, 0.3) is 11.3 Å². The number of hydrogen-bond acceptors (Lipinski definition) is 4. The minimum atomic E-state index is 0.841. The van der Waals surface area contributed by atoms with Crippen molar-refractivity contribution in [2.24, 2.45) is 5.92 Å². The van der Waals surface area contributed by atoms with E-state index in [1.807, 2.05) is 30.3 Å². The molecule has 0 unspecified atom stereocenters. The van der Waals surface area contributed by atoms with Crippen LogP contribution >= 0.6 is 0 Å². The summed E-state index contributed by atoms with van der Waals surface area (Å²) in [7, 11) is 0. The van der Waals surface area contributed by atoms with Gasteiger partial charge in [-0.2, -0.15) is 0 Å². The van der Waals surface area contributed by atoms with E-state index >= 15 is 0 Å². The van der Waals surface area contributed by atoms with Crippen molar-refractivity contribution >= 4 is 5.82 Å². The Bertz CT molecular complexity index is 860. The van der Waals surface area contributed by atoms with Gasteiger partial charge in [0.1, 0.15) is 5.82 Å². The fourth-order valence-electron chi connectivity index (χ4n) is 4.27. The molecule has 4 rings (SSSR count). The molecule has 2 heterocycles. The Labute approximate surface area is 180 Å². The summed E-state index contributed by atoms with van der Waals surface area (Å²) in [5.41, 5.74) is 3.63. The monoisotopic (exact) mass is 400 g/mol. The van der Waals surface area contributed by atoms with Crippen molar-refractivity contribution in [3.63, 3.8) is 0 Å². The van der Waals surface area contributed by atoms with E-state index in [-0.39, 0.29) is 0 Å². The third-order valence-corrected chi connectivity index (χ3v) is 6.05. The molecule has 1 aliphatic heterocycles. The number of nitrogens with zero attached hydrogens (tertiary/aromatic N) is 3. The number of benzene rings is 1. The average molecular weight is 401 g/mol. The van der Waals surface area contributed by atoms with Crippen LogP contribution in [0.15, 0.2) is 78.4 Å². The van der Waals surface area contributed by atoms with Crippen molar-refractivity contribution in [1.29, 1.82) is 0 Å². The summed E-state index contributed by atoms with van der Waals surface area (Å²) in [5.74, 6) is 1.69. The Morgan fingerprint density at radius 2 is 1.80 bits per heavy atom. The first kappa shape index (κ1) is 20.5. The zero-order chi connectivity index (χ0) is 20.4. The zero-order valence-electron chi connectivity index (χ0n) is 17.7. The van der Waals surface area contributed by atoms with E-state index in [0.29, 0.717) is 0 Å². The van der Waals surface area contributed by atoms with E-state index in [9.17, 15) is 0 Å². The standard InChI is InChI=1S/C26H32N4/c1-2-5-9-22(10-6-3-1)21-23-15-18-30(19-16-23)20-17-27-26-14-13-25(28-29-26)24-11-7-4-8-12-24/h1-5,7-9,11-14,23H,6,10,15-21H2,(H,27,29)/b3-1-,5-2-,22-9+. The molecule has 156 valence electrons. The molecule has 30 heavy (non-hydrogen) atoms. The summed E-state index contributed by atoms with van der Waals surface area (Å²) in [6, 6.07) is 14.2. The molecule has 0 bridgehead atoms. The lowest BCUT2D eigenvalue weighted by molar-refractivity contribution is 0.189. The highest BCUT2D eigenvalue weighted by Crippen LogP contribution is 2.26. The van der Waals surface area contributed by atoms with Crippen molar-refractivity contribution in [1.82, 2.24) is 15.1 Å². The molecular formula is C26H32N4. The molecule has 4 heteroatoms. The lowest BCUT2D eigenvalue weighted by Gasteiger charge is -2.32. The number of likely N-dealkylation sites (tertiary alicyclic amines) is 1. The normalized spacial score (nSPS) is 21.8. The molecule has 1 saturated heterocycles. The second kappa shape index (κ2) is 10.9. The molecule has 0 saturated carbocycles. The van der Waals surface area contributed by atoms with Gasteiger partial charge in [-0.25, -0.2) is 0 Å². The molecule has 0 spiro atoms. The smallest absolute Gasteiger partial charge is 0.148 e. The van der Waals surface area contributed by atoms with Crippen LogP contribution in [0.4, 0.5) is 5.82 Å². The number of piperidine rings is 1. The molecule has 4 nitrogen and oxygen atoms in total. The molecule has 2 aliphatic rings. The number of hydrogen-bond donors (Lipinski definition) is 1. The van der Waals surface area contributed by atoms with Gasteiger partial charge < -0.3 is 10.2 Å². The minimum absolute atomic E-state index is 0.841. The molecule has 1 aromatic heterocycles. The van der Waals surface area contributed by atoms with Crippen molar-refractivity contribution in [3.05, 3.63) is 78.4 Å². The van der Waals surface area contributed by atoms with E-state index in [0.717, 1.165) is 36.1 Å². The van der Waals surface area contributed by atoms with Gasteiger partial charge in [0.05, 0.1) is 5.69 Å². The SMILES string of the molecule is C1=C\C=C(\CC2CCN(CCNc3ccc(-c4ccccc4)nn3)CC2)CC\C=C/1. The van der Waals surface area contributed by atoms with Gasteiger partial charge in [0, 0.05) is 18.7 Å². The van der Waals surface area contributed by atoms with Crippen molar-refractivity contribution in [2.75, 3.05) is 31.5 Å². The summed E-state index contributed by atoms with van der Waals surface area (Å²) in [6.07, 6.45) is 17.4. The molecular weight excluding hydrogens is 368 g/mol. The van der Waals surface area contributed by atoms with E-state index in [4.69, 9.17) is 0 Å². The molecule has 2 aromatic rings. The van der Waals surface area contributed by atoms with Crippen LogP contribution in [0.2, 0.25) is 0 Å². The molecule has 0 radical (unpaired) electrons. The van der Waals surface area contributed by atoms with Gasteiger partial charge in [-0.05, 0) is 63.2 Å². The van der Waals surface area contributed by atoms with Crippen LogP contribution in [0.5, 0.6) is 0 Å². The van der Waals surface area contributed by atoms with Gasteiger partial charge in [-0.1, -0.05) is 66.3 Å². The van der Waals surface area contributed by atoms with Crippen LogP contribution in [0.3, 0.4) is 0 Å². The highest BCUT2D eigenvalue weighted by molar-refractivity contribution is 5.59. The minimum Gasteiger partial charge on any atom is -0.367 e. The van der Waals surface area contributed by atoms with Crippen molar-refractivity contribution in [2.45, 2.75) is 32.1 Å². The zero-order valence-corrected chi connectivity index (χ0v) is 17.7. The van der Waals surface area contributed by atoms with E-state index in [1.165, 1.54) is 45.2 Å². The Kier molecular flexibility index (Phi) is 7.46. The molecule has 0 amide bonds. The molecule has 1 N–H and O–H groups in total. The highest BCUT2D eigenvalue weighted by atomic mass is 15.2. The second-order valence-electron chi connectivity index (χ2n) is 8.26. The third kappa shape index (κ3) is 6.14. The first-order valence-electron chi connectivity index (χ1n) is 11.2. The molecule has 1 fully saturated rings. The largest absolute Gasteiger partial charge is 0.367 e. The van der Waals surface area contributed by atoms with Gasteiger partial charge in [0.2, 0.25) is 0 Å². The second-order valence-corrected chi connectivity index (χ2v) is 8.26. The summed E-state index contributed by atoms with van der Waals surface area (Å²) in [6.45, 7) is 4.37. The maximum Gasteiger partial charge on any atom is 0.148 e. The number of anilines is 1. The predicted molar refractivity (Wildman–Crippen MR) is 125 cm³/mol. The third-order valence-electron chi connectivity index (χ3n) is 6.05. The Morgan fingerprint density at radius 1 is 0.933 bits per heavy atom. The Hall–Kier alpha value is -2.72. The van der Waals surface area contributed by atoms with Crippen LogP contribution in [-0.2, 0) is 0 Å². The van der Waals surface area contributed by atoms with Crippen molar-refractivity contribution in [3.8, 4) is 11.3 Å². The molecule has 0 atom stereocenters. The fourth-order valence-corrected chi connectivity index (χ4v) is 4.27. The summed E-state index contributed by atoms with van der Waals surface area (Å²) in [5, 5.41) is 12.1. The fraction of sp³-hybridized carbons (Fsp3) is 0.385. The quantitative estimate of drug-likeness (QED) is 0.667. The first-order valence-corrected chi connectivity index (χ1v) is 11.2. The lowest BCUT2D eigenvalue weighted by atomic mass is 9.88.